The fourth-order valence-corrected chi connectivity index (χ4v) is 2.55. The van der Waals surface area contributed by atoms with E-state index < -0.39 is 0 Å². The average molecular weight is 199 g/mol. The van der Waals surface area contributed by atoms with Gasteiger partial charge in [0.25, 0.3) is 0 Å². The number of hydrogen-bond donors (Lipinski definition) is 1. The van der Waals surface area contributed by atoms with Crippen molar-refractivity contribution in [2.45, 2.75) is 58.6 Å². The molecule has 2 N–H and O–H groups in total. The highest BCUT2D eigenvalue weighted by atomic mass is 16.5. The highest BCUT2D eigenvalue weighted by Crippen LogP contribution is 2.30. The zero-order valence-corrected chi connectivity index (χ0v) is 9.83. The monoisotopic (exact) mass is 199 g/mol. The summed E-state index contributed by atoms with van der Waals surface area (Å²) in [6.07, 6.45) is 5.57. The van der Waals surface area contributed by atoms with Crippen molar-refractivity contribution < 1.29 is 4.74 Å². The van der Waals surface area contributed by atoms with E-state index in [2.05, 4.69) is 20.8 Å². The van der Waals surface area contributed by atoms with Gasteiger partial charge in [-0.3, -0.25) is 0 Å². The first kappa shape index (κ1) is 12.0. The van der Waals surface area contributed by atoms with Gasteiger partial charge in [0.1, 0.15) is 0 Å². The van der Waals surface area contributed by atoms with Gasteiger partial charge in [-0.1, -0.05) is 26.7 Å². The molecule has 0 spiro atoms. The molecule has 1 aliphatic rings. The molecule has 1 rings (SSSR count). The van der Waals surface area contributed by atoms with Gasteiger partial charge < -0.3 is 10.5 Å². The first-order valence-electron chi connectivity index (χ1n) is 6.04. The highest BCUT2D eigenvalue weighted by molar-refractivity contribution is 4.85. The molecule has 0 aromatic heterocycles. The molecule has 14 heavy (non-hydrogen) atoms. The second kappa shape index (κ2) is 5.72. The lowest BCUT2D eigenvalue weighted by atomic mass is 9.88. The maximum Gasteiger partial charge on any atom is 0.0751 e. The van der Waals surface area contributed by atoms with Crippen LogP contribution in [0.25, 0.3) is 0 Å². The minimum atomic E-state index is 0.248. The Balaban J connectivity index is 2.48. The van der Waals surface area contributed by atoms with E-state index in [0.717, 1.165) is 6.61 Å². The Labute approximate surface area is 88.2 Å². The topological polar surface area (TPSA) is 35.2 Å². The smallest absolute Gasteiger partial charge is 0.0751 e. The summed E-state index contributed by atoms with van der Waals surface area (Å²) in [5.41, 5.74) is 6.29. The van der Waals surface area contributed by atoms with Gasteiger partial charge in [0.05, 0.1) is 6.10 Å². The van der Waals surface area contributed by atoms with Crippen molar-refractivity contribution in [2.24, 2.45) is 17.6 Å². The summed E-state index contributed by atoms with van der Waals surface area (Å²) in [7, 11) is 0. The lowest BCUT2D eigenvalue weighted by Crippen LogP contribution is -2.45. The van der Waals surface area contributed by atoms with Crippen LogP contribution in [-0.4, -0.2) is 18.8 Å². The molecule has 84 valence electrons. The van der Waals surface area contributed by atoms with E-state index >= 15 is 0 Å². The molecule has 2 heteroatoms. The predicted molar refractivity (Wildman–Crippen MR) is 60.2 cm³/mol. The molecule has 1 aliphatic carbocycles. The molecule has 0 aliphatic heterocycles. The van der Waals surface area contributed by atoms with Crippen LogP contribution in [0.4, 0.5) is 0 Å². The summed E-state index contributed by atoms with van der Waals surface area (Å²) in [6, 6.07) is 0.248. The minimum absolute atomic E-state index is 0.248. The van der Waals surface area contributed by atoms with Crippen molar-refractivity contribution in [3.8, 4) is 0 Å². The number of rotatable bonds is 5. The maximum atomic E-state index is 6.29. The lowest BCUT2D eigenvalue weighted by molar-refractivity contribution is -0.000511. The molecule has 1 saturated carbocycles. The first-order chi connectivity index (χ1) is 6.66. The summed E-state index contributed by atoms with van der Waals surface area (Å²) < 4.78 is 5.75. The van der Waals surface area contributed by atoms with Crippen LogP contribution in [0.1, 0.15) is 46.5 Å². The van der Waals surface area contributed by atoms with Gasteiger partial charge in [-0.05, 0) is 31.6 Å². The lowest BCUT2D eigenvalue weighted by Gasteiger charge is -2.31. The van der Waals surface area contributed by atoms with Crippen molar-refractivity contribution in [1.82, 2.24) is 0 Å². The van der Waals surface area contributed by atoms with Gasteiger partial charge >= 0.3 is 0 Å². The average Bonchev–Trinajstić information content (AvgIpc) is 2.65. The summed E-state index contributed by atoms with van der Waals surface area (Å²) >= 11 is 0. The molecule has 0 bridgehead atoms. The predicted octanol–water partition coefficient (Wildman–Crippen LogP) is 2.57. The number of hydrogen-bond acceptors (Lipinski definition) is 2. The van der Waals surface area contributed by atoms with Crippen LogP contribution < -0.4 is 5.73 Å². The highest BCUT2D eigenvalue weighted by Gasteiger charge is 2.30. The van der Waals surface area contributed by atoms with E-state index in [-0.39, 0.29) is 12.1 Å². The Morgan fingerprint density at radius 2 is 1.86 bits per heavy atom. The van der Waals surface area contributed by atoms with Gasteiger partial charge in [-0.15, -0.1) is 0 Å². The Kier molecular flexibility index (Phi) is 4.90. The summed E-state index contributed by atoms with van der Waals surface area (Å²) in [5.74, 6) is 1.24. The number of ether oxygens (including phenoxy) is 1. The Morgan fingerprint density at radius 1 is 1.29 bits per heavy atom. The fraction of sp³-hybridized carbons (Fsp3) is 1.00. The second-order valence-electron chi connectivity index (χ2n) is 4.79. The van der Waals surface area contributed by atoms with Crippen LogP contribution in [0.5, 0.6) is 0 Å². The Morgan fingerprint density at radius 3 is 2.29 bits per heavy atom. The molecule has 0 amide bonds. The van der Waals surface area contributed by atoms with Crippen molar-refractivity contribution in [1.29, 1.82) is 0 Å². The van der Waals surface area contributed by atoms with Gasteiger partial charge in [-0.2, -0.15) is 0 Å². The molecule has 1 fully saturated rings. The van der Waals surface area contributed by atoms with Crippen LogP contribution in [0, 0.1) is 11.8 Å². The normalized spacial score (nSPS) is 22.9. The second-order valence-corrected chi connectivity index (χ2v) is 4.79. The Hall–Kier alpha value is -0.0800. The summed E-state index contributed by atoms with van der Waals surface area (Å²) in [4.78, 5) is 0. The van der Waals surface area contributed by atoms with Crippen LogP contribution in [-0.2, 0) is 4.74 Å². The summed E-state index contributed by atoms with van der Waals surface area (Å²) in [5, 5.41) is 0. The zero-order chi connectivity index (χ0) is 10.6. The minimum Gasteiger partial charge on any atom is -0.377 e. The van der Waals surface area contributed by atoms with Crippen molar-refractivity contribution in [3.05, 3.63) is 0 Å². The van der Waals surface area contributed by atoms with Gasteiger partial charge in [0, 0.05) is 12.6 Å². The third-order valence-corrected chi connectivity index (χ3v) is 3.34. The quantitative estimate of drug-likeness (QED) is 0.738. The molecular formula is C12H25NO. The molecule has 0 aromatic rings. The van der Waals surface area contributed by atoms with Crippen molar-refractivity contribution >= 4 is 0 Å². The molecule has 0 radical (unpaired) electrons. The number of nitrogens with two attached hydrogens (primary N) is 1. The Bertz CT molecular complexity index is 152. The standard InChI is InChI=1S/C12H25NO/c1-4-14-12(9(2)3)11(13)10-7-5-6-8-10/h9-12H,4-8,13H2,1-3H3. The molecular weight excluding hydrogens is 174 g/mol. The van der Waals surface area contributed by atoms with Crippen molar-refractivity contribution in [3.63, 3.8) is 0 Å². The van der Waals surface area contributed by atoms with E-state index in [4.69, 9.17) is 10.5 Å². The molecule has 0 aromatic carbocycles. The largest absolute Gasteiger partial charge is 0.377 e. The van der Waals surface area contributed by atoms with E-state index in [9.17, 15) is 0 Å². The van der Waals surface area contributed by atoms with E-state index in [1.807, 2.05) is 0 Å². The van der Waals surface area contributed by atoms with Gasteiger partial charge in [0.15, 0.2) is 0 Å². The molecule has 2 nitrogen and oxygen atoms in total. The van der Waals surface area contributed by atoms with Crippen LogP contribution in [0.3, 0.4) is 0 Å². The molecule has 2 atom stereocenters. The third-order valence-electron chi connectivity index (χ3n) is 3.34. The van der Waals surface area contributed by atoms with Crippen LogP contribution >= 0.6 is 0 Å². The zero-order valence-electron chi connectivity index (χ0n) is 9.83. The van der Waals surface area contributed by atoms with E-state index in [1.165, 1.54) is 25.7 Å². The first-order valence-corrected chi connectivity index (χ1v) is 6.04. The van der Waals surface area contributed by atoms with Gasteiger partial charge in [-0.25, -0.2) is 0 Å². The molecule has 0 saturated heterocycles. The van der Waals surface area contributed by atoms with E-state index in [1.54, 1.807) is 0 Å². The van der Waals surface area contributed by atoms with Crippen molar-refractivity contribution in [2.75, 3.05) is 6.61 Å². The maximum absolute atomic E-state index is 6.29. The fourth-order valence-electron chi connectivity index (χ4n) is 2.55. The van der Waals surface area contributed by atoms with Crippen LogP contribution in [0.2, 0.25) is 0 Å². The van der Waals surface area contributed by atoms with Gasteiger partial charge in [0.2, 0.25) is 0 Å². The van der Waals surface area contributed by atoms with E-state index in [0.29, 0.717) is 11.8 Å². The third kappa shape index (κ3) is 2.96. The summed E-state index contributed by atoms with van der Waals surface area (Å²) in [6.45, 7) is 7.24. The molecule has 2 unspecified atom stereocenters. The van der Waals surface area contributed by atoms with Crippen LogP contribution in [0.15, 0.2) is 0 Å². The SMILES string of the molecule is CCOC(C(C)C)C(N)C1CCCC1. The molecule has 0 heterocycles.